The third-order valence-electron chi connectivity index (χ3n) is 4.65. The lowest BCUT2D eigenvalue weighted by atomic mass is 9.81. The number of aromatic nitrogens is 2. The minimum absolute atomic E-state index is 0.106. The molecular formula is C16H19N3O2S. The van der Waals surface area contributed by atoms with Gasteiger partial charge in [0.1, 0.15) is 0 Å². The number of piperidine rings is 1. The molecule has 2 fully saturated rings. The van der Waals surface area contributed by atoms with Crippen LogP contribution in [0.2, 0.25) is 0 Å². The number of rotatable bonds is 3. The number of hydrogen-bond donors (Lipinski definition) is 0. The third-order valence-corrected chi connectivity index (χ3v) is 5.34. The maximum Gasteiger partial charge on any atom is 0.254 e. The van der Waals surface area contributed by atoms with Crippen LogP contribution in [0.15, 0.2) is 21.3 Å². The number of amides is 1. The predicted octanol–water partition coefficient (Wildman–Crippen LogP) is 3.20. The zero-order valence-electron chi connectivity index (χ0n) is 12.6. The van der Waals surface area contributed by atoms with Gasteiger partial charge in [0.25, 0.3) is 5.91 Å². The van der Waals surface area contributed by atoms with Gasteiger partial charge < -0.3 is 9.42 Å². The van der Waals surface area contributed by atoms with Crippen molar-refractivity contribution in [3.63, 3.8) is 0 Å². The van der Waals surface area contributed by atoms with Gasteiger partial charge in [-0.15, -0.1) is 0 Å². The van der Waals surface area contributed by atoms with Crippen LogP contribution < -0.4 is 0 Å². The Balaban J connectivity index is 1.54. The first-order valence-corrected chi connectivity index (χ1v) is 8.75. The molecule has 0 spiro atoms. The van der Waals surface area contributed by atoms with Gasteiger partial charge in [0, 0.05) is 24.4 Å². The average molecular weight is 317 g/mol. The van der Waals surface area contributed by atoms with E-state index in [1.807, 2.05) is 21.7 Å². The standard InChI is InChI=1S/C16H19N3O2S/c1-16(15-17-13(18-21-15)11-3-4-11)6-2-7-19(10-16)14(20)12-5-8-22-9-12/h5,8-9,11H,2-4,6-7,10H2,1H3. The molecule has 2 aliphatic rings. The molecule has 1 saturated heterocycles. The number of thiophene rings is 1. The van der Waals surface area contributed by atoms with Gasteiger partial charge in [-0.3, -0.25) is 4.79 Å². The number of carbonyl (C=O) groups is 1. The highest BCUT2D eigenvalue weighted by Gasteiger charge is 2.40. The largest absolute Gasteiger partial charge is 0.339 e. The summed E-state index contributed by atoms with van der Waals surface area (Å²) in [5.41, 5.74) is 0.544. The second-order valence-corrected chi connectivity index (χ2v) is 7.41. The molecule has 1 aliphatic heterocycles. The first-order valence-electron chi connectivity index (χ1n) is 7.81. The van der Waals surface area contributed by atoms with Crippen molar-refractivity contribution in [1.82, 2.24) is 15.0 Å². The van der Waals surface area contributed by atoms with E-state index in [1.165, 1.54) is 12.8 Å². The minimum Gasteiger partial charge on any atom is -0.339 e. The van der Waals surface area contributed by atoms with E-state index in [9.17, 15) is 4.79 Å². The Labute approximate surface area is 133 Å². The minimum atomic E-state index is -0.232. The highest BCUT2D eigenvalue weighted by Crippen LogP contribution is 2.40. The highest BCUT2D eigenvalue weighted by molar-refractivity contribution is 7.08. The van der Waals surface area contributed by atoms with Crippen molar-refractivity contribution in [3.05, 3.63) is 34.1 Å². The number of hydrogen-bond acceptors (Lipinski definition) is 5. The monoisotopic (exact) mass is 317 g/mol. The van der Waals surface area contributed by atoms with Crippen molar-refractivity contribution in [2.24, 2.45) is 0 Å². The second-order valence-electron chi connectivity index (χ2n) is 6.63. The molecule has 6 heteroatoms. The molecule has 5 nitrogen and oxygen atoms in total. The average Bonchev–Trinajstić information content (AvgIpc) is 3.05. The van der Waals surface area contributed by atoms with E-state index in [1.54, 1.807) is 11.3 Å². The van der Waals surface area contributed by atoms with Crippen molar-refractivity contribution in [2.45, 2.75) is 43.9 Å². The lowest BCUT2D eigenvalue weighted by Gasteiger charge is -2.37. The number of likely N-dealkylation sites (tertiary alicyclic amines) is 1. The van der Waals surface area contributed by atoms with Gasteiger partial charge >= 0.3 is 0 Å². The maximum atomic E-state index is 12.6. The van der Waals surface area contributed by atoms with Gasteiger partial charge in [0.2, 0.25) is 5.89 Å². The molecule has 0 bridgehead atoms. The fourth-order valence-corrected chi connectivity index (χ4v) is 3.77. The molecule has 116 valence electrons. The van der Waals surface area contributed by atoms with Crippen LogP contribution >= 0.6 is 11.3 Å². The lowest BCUT2D eigenvalue weighted by molar-refractivity contribution is 0.0620. The second kappa shape index (κ2) is 5.19. The molecule has 2 aromatic rings. The van der Waals surface area contributed by atoms with Crippen LogP contribution in [0.1, 0.15) is 60.6 Å². The molecule has 1 unspecified atom stereocenters. The highest BCUT2D eigenvalue weighted by atomic mass is 32.1. The van der Waals surface area contributed by atoms with Crippen LogP contribution in [0.4, 0.5) is 0 Å². The van der Waals surface area contributed by atoms with E-state index in [4.69, 9.17) is 4.52 Å². The van der Waals surface area contributed by atoms with Gasteiger partial charge in [-0.1, -0.05) is 5.16 Å². The molecule has 1 saturated carbocycles. The Morgan fingerprint density at radius 2 is 2.36 bits per heavy atom. The van der Waals surface area contributed by atoms with Crippen molar-refractivity contribution in [2.75, 3.05) is 13.1 Å². The van der Waals surface area contributed by atoms with E-state index in [0.29, 0.717) is 18.4 Å². The lowest BCUT2D eigenvalue weighted by Crippen LogP contribution is -2.47. The quantitative estimate of drug-likeness (QED) is 0.872. The number of nitrogens with zero attached hydrogens (tertiary/aromatic N) is 3. The summed E-state index contributed by atoms with van der Waals surface area (Å²) in [4.78, 5) is 19.1. The van der Waals surface area contributed by atoms with E-state index >= 15 is 0 Å². The Kier molecular flexibility index (Phi) is 3.29. The van der Waals surface area contributed by atoms with Crippen LogP contribution in [0.25, 0.3) is 0 Å². The summed E-state index contributed by atoms with van der Waals surface area (Å²) in [7, 11) is 0. The van der Waals surface area contributed by atoms with Crippen LogP contribution in [0.5, 0.6) is 0 Å². The van der Waals surface area contributed by atoms with Gasteiger partial charge in [0.15, 0.2) is 5.82 Å². The molecule has 0 radical (unpaired) electrons. The SMILES string of the molecule is CC1(c2nc(C3CC3)no2)CCCN(C(=O)c2ccsc2)C1. The smallest absolute Gasteiger partial charge is 0.254 e. The van der Waals surface area contributed by atoms with Crippen molar-refractivity contribution in [3.8, 4) is 0 Å². The van der Waals surface area contributed by atoms with Gasteiger partial charge in [-0.2, -0.15) is 16.3 Å². The van der Waals surface area contributed by atoms with Crippen LogP contribution in [-0.2, 0) is 5.41 Å². The first kappa shape index (κ1) is 13.9. The van der Waals surface area contributed by atoms with Crippen molar-refractivity contribution < 1.29 is 9.32 Å². The summed E-state index contributed by atoms with van der Waals surface area (Å²) in [5, 5.41) is 7.98. The van der Waals surface area contributed by atoms with E-state index in [-0.39, 0.29) is 11.3 Å². The van der Waals surface area contributed by atoms with Crippen LogP contribution in [0.3, 0.4) is 0 Å². The molecule has 1 atom stereocenters. The van der Waals surface area contributed by atoms with E-state index < -0.39 is 0 Å². The molecule has 1 amide bonds. The molecular weight excluding hydrogens is 298 g/mol. The Morgan fingerprint density at radius 3 is 3.09 bits per heavy atom. The first-order chi connectivity index (χ1) is 10.7. The fraction of sp³-hybridized carbons (Fsp3) is 0.562. The van der Waals surface area contributed by atoms with Crippen LogP contribution in [-0.4, -0.2) is 34.0 Å². The van der Waals surface area contributed by atoms with E-state index in [0.717, 1.165) is 30.8 Å². The summed E-state index contributed by atoms with van der Waals surface area (Å²) >= 11 is 1.55. The molecule has 4 rings (SSSR count). The number of carbonyl (C=O) groups excluding carboxylic acids is 1. The molecule has 1 aliphatic carbocycles. The van der Waals surface area contributed by atoms with E-state index in [2.05, 4.69) is 17.1 Å². The Hall–Kier alpha value is -1.69. The van der Waals surface area contributed by atoms with Crippen molar-refractivity contribution >= 4 is 17.2 Å². The zero-order chi connectivity index (χ0) is 15.2. The topological polar surface area (TPSA) is 59.2 Å². The van der Waals surface area contributed by atoms with Crippen molar-refractivity contribution in [1.29, 1.82) is 0 Å². The molecule has 0 aromatic carbocycles. The Morgan fingerprint density at radius 1 is 1.50 bits per heavy atom. The summed E-state index contributed by atoms with van der Waals surface area (Å²) < 4.78 is 5.53. The third kappa shape index (κ3) is 2.45. The summed E-state index contributed by atoms with van der Waals surface area (Å²) in [5.74, 6) is 2.14. The summed E-state index contributed by atoms with van der Waals surface area (Å²) in [6.45, 7) is 3.58. The van der Waals surface area contributed by atoms with Gasteiger partial charge in [0.05, 0.1) is 11.0 Å². The molecule has 2 aromatic heterocycles. The summed E-state index contributed by atoms with van der Waals surface area (Å²) in [6, 6.07) is 1.89. The Bertz CT molecular complexity index is 677. The summed E-state index contributed by atoms with van der Waals surface area (Å²) in [6.07, 6.45) is 4.27. The fourth-order valence-electron chi connectivity index (χ4n) is 3.14. The van der Waals surface area contributed by atoms with Crippen LogP contribution in [0, 0.1) is 0 Å². The van der Waals surface area contributed by atoms with Gasteiger partial charge in [-0.25, -0.2) is 0 Å². The molecule has 3 heterocycles. The maximum absolute atomic E-state index is 12.6. The van der Waals surface area contributed by atoms with Gasteiger partial charge in [-0.05, 0) is 44.1 Å². The molecule has 22 heavy (non-hydrogen) atoms. The predicted molar refractivity (Wildman–Crippen MR) is 83.1 cm³/mol. The molecule has 0 N–H and O–H groups in total. The normalized spacial score (nSPS) is 25.4. The zero-order valence-corrected chi connectivity index (χ0v) is 13.4.